The molecule has 260 valence electrons. The summed E-state index contributed by atoms with van der Waals surface area (Å²) in [6.07, 6.45) is -0.309. The molecule has 8 aromatic carbocycles. The van der Waals surface area contributed by atoms with Gasteiger partial charge in [-0.3, -0.25) is 5.01 Å². The van der Waals surface area contributed by atoms with Crippen molar-refractivity contribution in [2.24, 2.45) is 4.99 Å². The molecule has 0 spiro atoms. The number of hydrogen-bond acceptors (Lipinski definition) is 5. The van der Waals surface area contributed by atoms with E-state index in [0.717, 1.165) is 38.9 Å². The van der Waals surface area contributed by atoms with Crippen LogP contribution in [0, 0.1) is 0 Å². The van der Waals surface area contributed by atoms with Crippen LogP contribution < -0.4 is 5.43 Å². The fraction of sp³-hybridized carbons (Fsp3) is 0.0408. The first kappa shape index (κ1) is 30.7. The Bertz CT molecular complexity index is 3350. The molecule has 0 saturated carbocycles. The number of amidine groups is 1. The van der Waals surface area contributed by atoms with Crippen molar-refractivity contribution >= 4 is 91.9 Å². The zero-order chi connectivity index (χ0) is 36.0. The van der Waals surface area contributed by atoms with E-state index in [2.05, 4.69) is 173 Å². The summed E-state index contributed by atoms with van der Waals surface area (Å²) < 4.78 is 11.4. The van der Waals surface area contributed by atoms with Crippen molar-refractivity contribution < 1.29 is 4.42 Å². The van der Waals surface area contributed by atoms with Crippen LogP contribution in [-0.4, -0.2) is 15.4 Å². The topological polar surface area (TPSA) is 45.7 Å². The molecule has 6 heteroatoms. The Morgan fingerprint density at radius 2 is 1.31 bits per heavy atom. The van der Waals surface area contributed by atoms with E-state index in [0.29, 0.717) is 6.54 Å². The van der Waals surface area contributed by atoms with Crippen LogP contribution in [0.2, 0.25) is 0 Å². The summed E-state index contributed by atoms with van der Waals surface area (Å²) >= 11 is 1.88. The van der Waals surface area contributed by atoms with Gasteiger partial charge in [0.25, 0.3) is 0 Å². The normalized spacial score (nSPS) is 14.8. The summed E-state index contributed by atoms with van der Waals surface area (Å²) in [4.78, 5) is 5.45. The molecule has 12 rings (SSSR count). The highest BCUT2D eigenvalue weighted by molar-refractivity contribution is 7.26. The van der Waals surface area contributed by atoms with Crippen molar-refractivity contribution in [3.8, 4) is 5.69 Å². The Hall–Kier alpha value is -6.73. The van der Waals surface area contributed by atoms with Crippen molar-refractivity contribution in [3.05, 3.63) is 187 Å². The first-order valence-corrected chi connectivity index (χ1v) is 19.5. The van der Waals surface area contributed by atoms with Crippen LogP contribution >= 0.6 is 11.3 Å². The SMILES string of the molecule is c1ccc(C2=NC(c3cccc4oc5ccccc5c34)NN2Cc2ccc3c(sc4ccccc43)c2-n2c3ccccc3c3cc4ccccc4cc32)cc1. The fourth-order valence-corrected chi connectivity index (χ4v) is 10.1. The quantitative estimate of drug-likeness (QED) is 0.192. The molecule has 0 saturated heterocycles. The maximum atomic E-state index is 6.32. The smallest absolute Gasteiger partial charge is 0.147 e. The van der Waals surface area contributed by atoms with Gasteiger partial charge < -0.3 is 8.98 Å². The molecule has 55 heavy (non-hydrogen) atoms. The van der Waals surface area contributed by atoms with Gasteiger partial charge in [0.05, 0.1) is 28.0 Å². The minimum absolute atomic E-state index is 0.309. The number of para-hydroxylation sites is 2. The van der Waals surface area contributed by atoms with Gasteiger partial charge in [0.15, 0.2) is 0 Å². The summed E-state index contributed by atoms with van der Waals surface area (Å²) in [5.41, 5.74) is 12.6. The molecule has 3 aromatic heterocycles. The zero-order valence-corrected chi connectivity index (χ0v) is 30.4. The summed E-state index contributed by atoms with van der Waals surface area (Å²) in [5, 5.41) is 12.0. The van der Waals surface area contributed by atoms with Crippen LogP contribution in [-0.2, 0) is 6.54 Å². The Labute approximate surface area is 319 Å². The van der Waals surface area contributed by atoms with E-state index in [9.17, 15) is 0 Å². The molecule has 0 aliphatic carbocycles. The van der Waals surface area contributed by atoms with E-state index >= 15 is 0 Å². The van der Waals surface area contributed by atoms with Gasteiger partial charge in [-0.1, -0.05) is 133 Å². The number of aromatic nitrogens is 1. The third-order valence-corrected chi connectivity index (χ3v) is 12.4. The number of thiophene rings is 1. The lowest BCUT2D eigenvalue weighted by Crippen LogP contribution is -2.38. The van der Waals surface area contributed by atoms with Crippen molar-refractivity contribution in [1.29, 1.82) is 0 Å². The van der Waals surface area contributed by atoms with Gasteiger partial charge >= 0.3 is 0 Å². The van der Waals surface area contributed by atoms with Gasteiger partial charge in [0.1, 0.15) is 23.2 Å². The maximum absolute atomic E-state index is 6.32. The van der Waals surface area contributed by atoms with Gasteiger partial charge in [0, 0.05) is 48.1 Å². The molecule has 1 aliphatic heterocycles. The minimum Gasteiger partial charge on any atom is -0.456 e. The fourth-order valence-electron chi connectivity index (χ4n) is 8.79. The van der Waals surface area contributed by atoms with E-state index in [1.165, 1.54) is 64.0 Å². The Morgan fingerprint density at radius 1 is 0.582 bits per heavy atom. The number of hydrogen-bond donors (Lipinski definition) is 1. The van der Waals surface area contributed by atoms with Gasteiger partial charge in [-0.25, -0.2) is 10.4 Å². The first-order valence-electron chi connectivity index (χ1n) is 18.7. The van der Waals surface area contributed by atoms with Crippen LogP contribution in [0.15, 0.2) is 179 Å². The molecule has 1 atom stereocenters. The van der Waals surface area contributed by atoms with Crippen LogP contribution in [0.1, 0.15) is 22.9 Å². The molecule has 4 heterocycles. The summed E-state index contributed by atoms with van der Waals surface area (Å²) in [7, 11) is 0. The van der Waals surface area contributed by atoms with Crippen LogP contribution in [0.5, 0.6) is 0 Å². The lowest BCUT2D eigenvalue weighted by Gasteiger charge is -2.24. The summed E-state index contributed by atoms with van der Waals surface area (Å²) in [6, 6.07) is 60.8. The summed E-state index contributed by atoms with van der Waals surface area (Å²) in [6.45, 7) is 0.591. The van der Waals surface area contributed by atoms with E-state index in [4.69, 9.17) is 9.41 Å². The summed E-state index contributed by atoms with van der Waals surface area (Å²) in [5.74, 6) is 0.908. The van der Waals surface area contributed by atoms with Crippen molar-refractivity contribution in [2.45, 2.75) is 12.7 Å². The molecular weight excluding hydrogens is 693 g/mol. The second kappa shape index (κ2) is 11.9. The highest BCUT2D eigenvalue weighted by Gasteiger charge is 2.31. The lowest BCUT2D eigenvalue weighted by atomic mass is 10.0. The molecule has 0 fully saturated rings. The van der Waals surface area contributed by atoms with Crippen molar-refractivity contribution in [3.63, 3.8) is 0 Å². The molecule has 0 radical (unpaired) electrons. The van der Waals surface area contributed by atoms with Gasteiger partial charge in [-0.2, -0.15) is 0 Å². The maximum Gasteiger partial charge on any atom is 0.147 e. The Kier molecular flexibility index (Phi) is 6.64. The number of aliphatic imine (C=N–C) groups is 1. The van der Waals surface area contributed by atoms with Crippen LogP contribution in [0.4, 0.5) is 0 Å². The van der Waals surface area contributed by atoms with Crippen molar-refractivity contribution in [2.75, 3.05) is 0 Å². The molecular formula is C49H32N4OS. The molecule has 1 aliphatic rings. The monoisotopic (exact) mass is 724 g/mol. The van der Waals surface area contributed by atoms with Crippen LogP contribution in [0.25, 0.3) is 80.4 Å². The molecule has 1 unspecified atom stereocenters. The first-order chi connectivity index (χ1) is 27.3. The standard InChI is InChI=1S/C49H32N4OS/c1-2-13-30(14-3-1)49-50-48(38-20-12-23-43-45(38)37-19-7-10-22-42(37)54-43)51-52(49)29-33-25-26-36-35-18-8-11-24-44(35)55-47(36)46(33)53-40-21-9-6-17-34(40)39-27-31-15-4-5-16-32(31)28-41(39)53/h1-28,48,51H,29H2. The molecule has 0 amide bonds. The molecule has 11 aromatic rings. The second-order valence-corrected chi connectivity index (χ2v) is 15.4. The number of benzene rings is 8. The number of rotatable bonds is 5. The second-order valence-electron chi connectivity index (χ2n) is 14.4. The molecule has 1 N–H and O–H groups in total. The van der Waals surface area contributed by atoms with E-state index in [1.54, 1.807) is 0 Å². The van der Waals surface area contributed by atoms with Gasteiger partial charge in [0.2, 0.25) is 0 Å². The van der Waals surface area contributed by atoms with Crippen LogP contribution in [0.3, 0.4) is 0 Å². The Balaban J connectivity index is 1.09. The largest absolute Gasteiger partial charge is 0.456 e. The third-order valence-electron chi connectivity index (χ3n) is 11.2. The zero-order valence-electron chi connectivity index (χ0n) is 29.6. The number of furan rings is 1. The van der Waals surface area contributed by atoms with E-state index in [-0.39, 0.29) is 6.17 Å². The van der Waals surface area contributed by atoms with E-state index < -0.39 is 0 Å². The predicted octanol–water partition coefficient (Wildman–Crippen LogP) is 12.7. The van der Waals surface area contributed by atoms with E-state index in [1.807, 2.05) is 23.5 Å². The average Bonchev–Trinajstić information content (AvgIpc) is 4.01. The number of nitrogens with zero attached hydrogens (tertiary/aromatic N) is 3. The minimum atomic E-state index is -0.309. The Morgan fingerprint density at radius 3 is 2.20 bits per heavy atom. The third kappa shape index (κ3) is 4.65. The highest BCUT2D eigenvalue weighted by Crippen LogP contribution is 2.44. The van der Waals surface area contributed by atoms with Gasteiger partial charge in [-0.05, 0) is 52.7 Å². The predicted molar refractivity (Wildman–Crippen MR) is 229 cm³/mol. The lowest BCUT2D eigenvalue weighted by molar-refractivity contribution is 0.294. The van der Waals surface area contributed by atoms with Crippen molar-refractivity contribution in [1.82, 2.24) is 15.0 Å². The van der Waals surface area contributed by atoms with Gasteiger partial charge in [-0.15, -0.1) is 11.3 Å². The average molecular weight is 725 g/mol. The molecule has 5 nitrogen and oxygen atoms in total. The number of hydrazine groups is 1. The number of nitrogens with one attached hydrogen (secondary N) is 1. The molecule has 0 bridgehead atoms. The number of fused-ring (bicyclic) bond motifs is 10. The highest BCUT2D eigenvalue weighted by atomic mass is 32.1.